The van der Waals surface area contributed by atoms with Gasteiger partial charge in [-0.05, 0) is 43.5 Å². The number of ether oxygens (including phenoxy) is 1. The quantitative estimate of drug-likeness (QED) is 0.638. The van der Waals surface area contributed by atoms with Gasteiger partial charge in [-0.15, -0.1) is 5.10 Å². The van der Waals surface area contributed by atoms with Crippen LogP contribution in [0.2, 0.25) is 0 Å². The number of hydrogen-bond acceptors (Lipinski definition) is 5. The second kappa shape index (κ2) is 7.59. The van der Waals surface area contributed by atoms with Crippen molar-refractivity contribution in [3.05, 3.63) is 48.4 Å². The van der Waals surface area contributed by atoms with Crippen LogP contribution >= 0.6 is 0 Å². The number of carbonyl (C=O) groups is 1. The highest BCUT2D eigenvalue weighted by Crippen LogP contribution is 2.33. The van der Waals surface area contributed by atoms with Gasteiger partial charge < -0.3 is 14.3 Å². The van der Waals surface area contributed by atoms with Crippen molar-refractivity contribution in [1.82, 2.24) is 9.61 Å². The van der Waals surface area contributed by atoms with Gasteiger partial charge in [0.15, 0.2) is 11.5 Å². The van der Waals surface area contributed by atoms with Crippen LogP contribution in [0.3, 0.4) is 0 Å². The molecule has 1 saturated heterocycles. The maximum Gasteiger partial charge on any atom is 0.260 e. The highest BCUT2D eigenvalue weighted by atomic mass is 16.5. The number of rotatable bonds is 5. The number of aromatic nitrogens is 2. The minimum absolute atomic E-state index is 0.153. The number of aliphatic hydroxyl groups excluding tert-OH is 1. The van der Waals surface area contributed by atoms with Crippen LogP contribution in [0.4, 0.5) is 5.69 Å². The van der Waals surface area contributed by atoms with Gasteiger partial charge in [-0.25, -0.2) is 9.51 Å². The van der Waals surface area contributed by atoms with Crippen molar-refractivity contribution in [3.63, 3.8) is 0 Å². The van der Waals surface area contributed by atoms with Crippen LogP contribution in [0.15, 0.2) is 53.4 Å². The third kappa shape index (κ3) is 3.84. The number of aliphatic imine (C=N–C) groups is 1. The molecule has 0 bridgehead atoms. The van der Waals surface area contributed by atoms with Gasteiger partial charge in [0, 0.05) is 12.3 Å². The maximum atomic E-state index is 11.4. The number of nitrogens with zero attached hydrogens (tertiary/aromatic N) is 4. The fraction of sp³-hybridized carbons (Fsp3) is 0.381. The van der Waals surface area contributed by atoms with E-state index < -0.39 is 0 Å². The van der Waals surface area contributed by atoms with E-state index in [0.29, 0.717) is 23.9 Å². The first-order chi connectivity index (χ1) is 13.5. The smallest absolute Gasteiger partial charge is 0.260 e. The number of pyridine rings is 1. The van der Waals surface area contributed by atoms with E-state index in [2.05, 4.69) is 17.1 Å². The summed E-state index contributed by atoms with van der Waals surface area (Å²) in [6.45, 7) is 3.83. The number of fused-ring (bicyclic) bond motifs is 1. The molecule has 0 unspecified atom stereocenters. The lowest BCUT2D eigenvalue weighted by Crippen LogP contribution is -2.50. The Balaban J connectivity index is 1.60. The van der Waals surface area contributed by atoms with Crippen molar-refractivity contribution in [1.29, 1.82) is 0 Å². The number of likely N-dealkylation sites (N-methyl/N-ethyl adjacent to an activating group) is 1. The van der Waals surface area contributed by atoms with Crippen LogP contribution in [-0.4, -0.2) is 64.0 Å². The van der Waals surface area contributed by atoms with Crippen LogP contribution in [0.25, 0.3) is 5.52 Å². The number of likely N-dealkylation sites (tertiary alicyclic amines) is 1. The summed E-state index contributed by atoms with van der Waals surface area (Å²) in [7, 11) is 2.28. The normalized spacial score (nSPS) is 20.5. The summed E-state index contributed by atoms with van der Waals surface area (Å²) in [6, 6.07) is 5.69. The third-order valence-corrected chi connectivity index (χ3v) is 5.43. The van der Waals surface area contributed by atoms with Gasteiger partial charge in [0.25, 0.3) is 5.88 Å². The molecule has 0 amide bonds. The zero-order chi connectivity index (χ0) is 19.6. The van der Waals surface area contributed by atoms with Crippen molar-refractivity contribution in [2.24, 2.45) is 4.99 Å². The van der Waals surface area contributed by atoms with E-state index in [1.165, 1.54) is 44.5 Å². The molecule has 0 spiro atoms. The largest absolute Gasteiger partial charge is 0.506 e. The SMILES string of the molecule is C[N+]1(CCOc2nn3ccccc3c2N=C2C=CC(=O)C=C2O)CCCCC1. The maximum absolute atomic E-state index is 11.4. The number of carbonyl (C=O) groups excluding carboxylic acids is 1. The molecule has 28 heavy (non-hydrogen) atoms. The topological polar surface area (TPSA) is 76.2 Å². The van der Waals surface area contributed by atoms with Crippen molar-refractivity contribution < 1.29 is 19.1 Å². The Morgan fingerprint density at radius 2 is 2.07 bits per heavy atom. The second-order valence-corrected chi connectivity index (χ2v) is 7.65. The molecular weight excluding hydrogens is 356 g/mol. The average Bonchev–Trinajstić information content (AvgIpc) is 3.02. The third-order valence-electron chi connectivity index (χ3n) is 5.43. The molecule has 7 heteroatoms. The second-order valence-electron chi connectivity index (χ2n) is 7.65. The van der Waals surface area contributed by atoms with Crippen molar-refractivity contribution >= 4 is 22.7 Å². The van der Waals surface area contributed by atoms with E-state index in [9.17, 15) is 9.90 Å². The van der Waals surface area contributed by atoms with Crippen LogP contribution in [0, 0.1) is 0 Å². The van der Waals surface area contributed by atoms with Crippen molar-refractivity contribution in [3.8, 4) is 5.88 Å². The summed E-state index contributed by atoms with van der Waals surface area (Å²) in [6.07, 6.45) is 9.73. The average molecular weight is 381 g/mol. The molecule has 7 nitrogen and oxygen atoms in total. The number of piperidine rings is 1. The van der Waals surface area contributed by atoms with Crippen LogP contribution in [0.5, 0.6) is 5.88 Å². The molecule has 0 radical (unpaired) electrons. The zero-order valence-corrected chi connectivity index (χ0v) is 16.0. The van der Waals surface area contributed by atoms with Gasteiger partial charge in [0.05, 0.1) is 25.7 Å². The van der Waals surface area contributed by atoms with Crippen LogP contribution < -0.4 is 4.74 Å². The molecule has 4 rings (SSSR count). The summed E-state index contributed by atoms with van der Waals surface area (Å²) in [5, 5.41) is 14.6. The minimum atomic E-state index is -0.258. The van der Waals surface area contributed by atoms with Gasteiger partial charge in [-0.3, -0.25) is 4.79 Å². The molecule has 2 aromatic heterocycles. The summed E-state index contributed by atoms with van der Waals surface area (Å²) in [5.41, 5.74) is 1.65. The van der Waals surface area contributed by atoms with E-state index in [4.69, 9.17) is 4.74 Å². The highest BCUT2D eigenvalue weighted by molar-refractivity contribution is 6.19. The molecule has 0 aromatic carbocycles. The van der Waals surface area contributed by atoms with Crippen molar-refractivity contribution in [2.75, 3.05) is 33.3 Å². The van der Waals surface area contributed by atoms with E-state index >= 15 is 0 Å². The Kier molecular flexibility index (Phi) is 5.00. The number of aliphatic hydroxyl groups is 1. The Hall–Kier alpha value is -2.93. The lowest BCUT2D eigenvalue weighted by Gasteiger charge is -2.37. The Labute approximate surface area is 163 Å². The zero-order valence-electron chi connectivity index (χ0n) is 16.0. The van der Waals surface area contributed by atoms with Gasteiger partial charge in [-0.1, -0.05) is 6.07 Å². The summed E-state index contributed by atoms with van der Waals surface area (Å²) in [5.74, 6) is 0.0202. The fourth-order valence-electron chi connectivity index (χ4n) is 3.75. The fourth-order valence-corrected chi connectivity index (χ4v) is 3.75. The lowest BCUT2D eigenvalue weighted by atomic mass is 10.1. The Morgan fingerprint density at radius 1 is 1.25 bits per heavy atom. The Morgan fingerprint density at radius 3 is 2.86 bits per heavy atom. The summed E-state index contributed by atoms with van der Waals surface area (Å²) < 4.78 is 8.77. The molecule has 1 fully saturated rings. The van der Waals surface area contributed by atoms with E-state index in [1.54, 1.807) is 4.52 Å². The summed E-state index contributed by atoms with van der Waals surface area (Å²) >= 11 is 0. The van der Waals surface area contributed by atoms with E-state index in [1.807, 2.05) is 24.4 Å². The van der Waals surface area contributed by atoms with Crippen LogP contribution in [0.1, 0.15) is 19.3 Å². The van der Waals surface area contributed by atoms with E-state index in [0.717, 1.165) is 22.6 Å². The molecule has 1 N–H and O–H groups in total. The molecule has 0 saturated carbocycles. The monoisotopic (exact) mass is 381 g/mol. The molecule has 146 valence electrons. The van der Waals surface area contributed by atoms with Gasteiger partial charge in [0.1, 0.15) is 24.6 Å². The van der Waals surface area contributed by atoms with E-state index in [-0.39, 0.29) is 11.5 Å². The minimum Gasteiger partial charge on any atom is -0.506 e. The van der Waals surface area contributed by atoms with Gasteiger partial charge in [0.2, 0.25) is 0 Å². The predicted octanol–water partition coefficient (Wildman–Crippen LogP) is 3.00. The highest BCUT2D eigenvalue weighted by Gasteiger charge is 2.25. The van der Waals surface area contributed by atoms with Gasteiger partial charge in [-0.2, -0.15) is 0 Å². The number of ketones is 1. The number of hydrogen-bond donors (Lipinski definition) is 1. The molecule has 2 aromatic rings. The van der Waals surface area contributed by atoms with Gasteiger partial charge >= 0.3 is 0 Å². The molecular formula is C21H25N4O3+. The number of quaternary nitrogens is 1. The molecule has 0 atom stereocenters. The molecule has 1 aliphatic heterocycles. The lowest BCUT2D eigenvalue weighted by molar-refractivity contribution is -0.914. The first-order valence-corrected chi connectivity index (χ1v) is 9.70. The van der Waals surface area contributed by atoms with Crippen molar-refractivity contribution in [2.45, 2.75) is 19.3 Å². The number of allylic oxidation sites excluding steroid dienone is 3. The molecule has 2 aliphatic rings. The van der Waals surface area contributed by atoms with Crippen LogP contribution in [-0.2, 0) is 4.79 Å². The first kappa shape index (κ1) is 18.4. The predicted molar refractivity (Wildman–Crippen MR) is 107 cm³/mol. The molecule has 3 heterocycles. The first-order valence-electron chi connectivity index (χ1n) is 9.70. The Bertz CT molecular complexity index is 981. The standard InChI is InChI=1S/C21H24N4O3/c1-25(11-5-2-6-12-25)13-14-28-21-20(18-7-3-4-10-24(18)23-21)22-17-9-8-16(26)15-19(17)27/h3-4,7-10,15H,2,5-6,11-14H2,1H3/p+1. The molecule has 1 aliphatic carbocycles. The summed E-state index contributed by atoms with van der Waals surface area (Å²) in [4.78, 5) is 16.0.